The summed E-state index contributed by atoms with van der Waals surface area (Å²) < 4.78 is 0. The number of aromatic nitrogens is 1. The Morgan fingerprint density at radius 3 is 2.46 bits per heavy atom. The number of hydrogen-bond donors (Lipinski definition) is 2. The fourth-order valence-corrected chi connectivity index (χ4v) is 3.74. The summed E-state index contributed by atoms with van der Waals surface area (Å²) >= 11 is 1.30. The maximum Gasteiger partial charge on any atom is 0.336 e. The lowest BCUT2D eigenvalue weighted by molar-refractivity contribution is 0.0692. The molecule has 0 unspecified atom stereocenters. The van der Waals surface area contributed by atoms with Gasteiger partial charge < -0.3 is 5.11 Å². The lowest BCUT2D eigenvalue weighted by atomic mass is 10.0. The van der Waals surface area contributed by atoms with Gasteiger partial charge in [0.05, 0.1) is 16.8 Å². The van der Waals surface area contributed by atoms with E-state index in [4.69, 9.17) is 0 Å². The number of fused-ring (bicyclic) bond motifs is 1. The largest absolute Gasteiger partial charge is 0.478 e. The first-order valence-electron chi connectivity index (χ1n) is 8.61. The van der Waals surface area contributed by atoms with Crippen molar-refractivity contribution >= 4 is 39.1 Å². The summed E-state index contributed by atoms with van der Waals surface area (Å²) in [5, 5.41) is 16.5. The van der Waals surface area contributed by atoms with Crippen molar-refractivity contribution in [3.63, 3.8) is 0 Å². The Labute approximate surface area is 165 Å². The van der Waals surface area contributed by atoms with Crippen LogP contribution in [0.2, 0.25) is 0 Å². The number of thiazole rings is 1. The van der Waals surface area contributed by atoms with Crippen molar-refractivity contribution in [3.05, 3.63) is 82.7 Å². The number of aromatic carboxylic acids is 1. The second-order valence-corrected chi connectivity index (χ2v) is 7.27. The molecule has 0 aliphatic carbocycles. The Kier molecular flexibility index (Phi) is 4.63. The van der Waals surface area contributed by atoms with Gasteiger partial charge in [-0.3, -0.25) is 10.1 Å². The van der Waals surface area contributed by atoms with Gasteiger partial charge in [0.1, 0.15) is 0 Å². The van der Waals surface area contributed by atoms with Gasteiger partial charge in [-0.2, -0.15) is 0 Å². The molecule has 0 atom stereocenters. The highest BCUT2D eigenvalue weighted by atomic mass is 32.1. The second kappa shape index (κ2) is 7.25. The number of aryl methyl sites for hydroxylation is 1. The lowest BCUT2D eigenvalue weighted by Crippen LogP contribution is -2.16. The van der Waals surface area contributed by atoms with Crippen molar-refractivity contribution in [2.24, 2.45) is 0 Å². The minimum Gasteiger partial charge on any atom is -0.478 e. The minimum atomic E-state index is -1.14. The van der Waals surface area contributed by atoms with Crippen LogP contribution in [0, 0.1) is 6.92 Å². The molecule has 28 heavy (non-hydrogen) atoms. The van der Waals surface area contributed by atoms with Crippen molar-refractivity contribution < 1.29 is 14.7 Å². The molecule has 5 nitrogen and oxygen atoms in total. The first kappa shape index (κ1) is 17.9. The number of benzene rings is 3. The number of carboxylic acid groups (broad SMARTS) is 1. The van der Waals surface area contributed by atoms with Gasteiger partial charge in [0.2, 0.25) is 0 Å². The topological polar surface area (TPSA) is 79.3 Å². The van der Waals surface area contributed by atoms with Crippen molar-refractivity contribution in [1.29, 1.82) is 0 Å². The zero-order valence-electron chi connectivity index (χ0n) is 15.0. The van der Waals surface area contributed by atoms with E-state index in [1.807, 2.05) is 11.4 Å². The Bertz CT molecular complexity index is 1210. The van der Waals surface area contributed by atoms with Gasteiger partial charge in [-0.1, -0.05) is 48.0 Å². The Morgan fingerprint density at radius 2 is 1.68 bits per heavy atom. The quantitative estimate of drug-likeness (QED) is 0.502. The third-order valence-electron chi connectivity index (χ3n) is 4.42. The number of anilines is 1. The first-order valence-corrected chi connectivity index (χ1v) is 9.49. The van der Waals surface area contributed by atoms with Crippen LogP contribution in [0.5, 0.6) is 0 Å². The number of carbonyl (C=O) groups is 2. The standard InChI is InChI=1S/C22H16N2O3S/c1-13-6-7-15-11-16(9-8-14(15)10-13)19-12-28-22(23-19)24-20(25)17-4-2-3-5-18(17)21(26)27/h2-12H,1H3,(H,26,27)(H,23,24,25). The van der Waals surface area contributed by atoms with E-state index < -0.39 is 11.9 Å². The van der Waals surface area contributed by atoms with Crippen LogP contribution >= 0.6 is 11.3 Å². The number of carboxylic acids is 1. The highest BCUT2D eigenvalue weighted by molar-refractivity contribution is 7.14. The lowest BCUT2D eigenvalue weighted by Gasteiger charge is -2.05. The number of nitrogens with one attached hydrogen (secondary N) is 1. The number of nitrogens with zero attached hydrogens (tertiary/aromatic N) is 1. The Balaban J connectivity index is 1.59. The van der Waals surface area contributed by atoms with Crippen LogP contribution in [0.25, 0.3) is 22.0 Å². The fraction of sp³-hybridized carbons (Fsp3) is 0.0455. The summed E-state index contributed by atoms with van der Waals surface area (Å²) in [5.41, 5.74) is 2.99. The molecule has 0 aliphatic rings. The van der Waals surface area contributed by atoms with Gasteiger partial charge in [0, 0.05) is 10.9 Å². The molecule has 0 bridgehead atoms. The van der Waals surface area contributed by atoms with Crippen molar-refractivity contribution in [2.45, 2.75) is 6.92 Å². The van der Waals surface area contributed by atoms with Crippen molar-refractivity contribution in [2.75, 3.05) is 5.32 Å². The van der Waals surface area contributed by atoms with Gasteiger partial charge in [-0.25, -0.2) is 9.78 Å². The van der Waals surface area contributed by atoms with Gasteiger partial charge in [-0.15, -0.1) is 11.3 Å². The summed E-state index contributed by atoms with van der Waals surface area (Å²) in [4.78, 5) is 28.3. The van der Waals surface area contributed by atoms with Crippen LogP contribution in [0.4, 0.5) is 5.13 Å². The molecule has 0 fully saturated rings. The molecule has 0 aliphatic heterocycles. The third-order valence-corrected chi connectivity index (χ3v) is 5.18. The van der Waals surface area contributed by atoms with Gasteiger partial charge in [0.15, 0.2) is 5.13 Å². The van der Waals surface area contributed by atoms with Crippen LogP contribution in [0.3, 0.4) is 0 Å². The molecule has 6 heteroatoms. The number of hydrogen-bond acceptors (Lipinski definition) is 4. The van der Waals surface area contributed by atoms with Crippen molar-refractivity contribution in [1.82, 2.24) is 4.98 Å². The molecule has 0 saturated heterocycles. The number of rotatable bonds is 4. The molecule has 4 aromatic rings. The molecule has 138 valence electrons. The van der Waals surface area contributed by atoms with E-state index in [0.29, 0.717) is 5.13 Å². The Morgan fingerprint density at radius 1 is 0.964 bits per heavy atom. The van der Waals surface area contributed by atoms with E-state index in [2.05, 4.69) is 47.6 Å². The van der Waals surface area contributed by atoms with E-state index in [1.165, 1.54) is 29.0 Å². The van der Waals surface area contributed by atoms with Crippen LogP contribution in [-0.4, -0.2) is 22.0 Å². The summed E-state index contributed by atoms with van der Waals surface area (Å²) in [5.74, 6) is -1.63. The maximum absolute atomic E-state index is 12.5. The SMILES string of the molecule is Cc1ccc2cc(-c3csc(NC(=O)c4ccccc4C(=O)O)n3)ccc2c1. The molecule has 0 spiro atoms. The van der Waals surface area contributed by atoms with Gasteiger partial charge >= 0.3 is 5.97 Å². The summed E-state index contributed by atoms with van der Waals surface area (Å²) in [6, 6.07) is 18.5. The monoisotopic (exact) mass is 388 g/mol. The van der Waals surface area contributed by atoms with E-state index in [-0.39, 0.29) is 11.1 Å². The predicted octanol–water partition coefficient (Wildman–Crippen LogP) is 5.22. The second-order valence-electron chi connectivity index (χ2n) is 6.41. The highest BCUT2D eigenvalue weighted by Crippen LogP contribution is 2.28. The molecule has 0 radical (unpaired) electrons. The van der Waals surface area contributed by atoms with Crippen LogP contribution in [0.15, 0.2) is 66.0 Å². The van der Waals surface area contributed by atoms with Gasteiger partial charge in [0.25, 0.3) is 5.91 Å². The summed E-state index contributed by atoms with van der Waals surface area (Å²) in [6.07, 6.45) is 0. The predicted molar refractivity (Wildman–Crippen MR) is 111 cm³/mol. The average Bonchev–Trinajstić information content (AvgIpc) is 3.16. The van der Waals surface area contributed by atoms with Crippen LogP contribution < -0.4 is 5.32 Å². The van der Waals surface area contributed by atoms with Crippen molar-refractivity contribution in [3.8, 4) is 11.3 Å². The zero-order chi connectivity index (χ0) is 19.7. The van der Waals surface area contributed by atoms with E-state index in [9.17, 15) is 14.7 Å². The molecule has 1 aromatic heterocycles. The maximum atomic E-state index is 12.5. The average molecular weight is 388 g/mol. The Hall–Kier alpha value is -3.51. The first-order chi connectivity index (χ1) is 13.5. The minimum absolute atomic E-state index is 0.0402. The summed E-state index contributed by atoms with van der Waals surface area (Å²) in [6.45, 7) is 2.06. The van der Waals surface area contributed by atoms with Gasteiger partial charge in [-0.05, 0) is 35.9 Å². The van der Waals surface area contributed by atoms with E-state index in [1.54, 1.807) is 12.1 Å². The highest BCUT2D eigenvalue weighted by Gasteiger charge is 2.17. The van der Waals surface area contributed by atoms with Crippen LogP contribution in [0.1, 0.15) is 26.3 Å². The molecule has 0 saturated carbocycles. The number of carbonyl (C=O) groups excluding carboxylic acids is 1. The molecular weight excluding hydrogens is 372 g/mol. The summed E-state index contributed by atoms with van der Waals surface area (Å²) in [7, 11) is 0. The fourth-order valence-electron chi connectivity index (χ4n) is 3.02. The molecule has 1 amide bonds. The smallest absolute Gasteiger partial charge is 0.336 e. The zero-order valence-corrected chi connectivity index (χ0v) is 15.8. The molecule has 2 N–H and O–H groups in total. The van der Waals surface area contributed by atoms with E-state index in [0.717, 1.165) is 22.0 Å². The van der Waals surface area contributed by atoms with Crippen LogP contribution in [-0.2, 0) is 0 Å². The third kappa shape index (κ3) is 3.50. The molecular formula is C22H16N2O3S. The number of amides is 1. The molecule has 4 rings (SSSR count). The molecule has 3 aromatic carbocycles. The van der Waals surface area contributed by atoms with E-state index >= 15 is 0 Å². The normalized spacial score (nSPS) is 10.8. The molecule has 1 heterocycles.